The third-order valence-corrected chi connectivity index (χ3v) is 7.97. The standard InChI is InChI=1S/C32H34N4O3/c1-23-10-15-29(31(37)33-23)36-21-28-27(32(36)38)8-5-9-30(28)39-22-25-13-11-24(12-14-25)20-34-16-18-35(19-17-34)26-6-3-2-4-7-26/h2-9,11-14,29H,1,10,15-22H2,(H,33,37). The lowest BCUT2D eigenvalue weighted by Crippen LogP contribution is -2.49. The molecule has 0 aromatic heterocycles. The fourth-order valence-corrected chi connectivity index (χ4v) is 5.74. The van der Waals surface area contributed by atoms with Crippen LogP contribution < -0.4 is 15.0 Å². The van der Waals surface area contributed by atoms with Crippen molar-refractivity contribution >= 4 is 17.5 Å². The van der Waals surface area contributed by atoms with Gasteiger partial charge in [0.15, 0.2) is 0 Å². The third kappa shape index (κ3) is 5.40. The van der Waals surface area contributed by atoms with E-state index in [-0.39, 0.29) is 11.8 Å². The minimum absolute atomic E-state index is 0.114. The first-order chi connectivity index (χ1) is 19.0. The molecule has 3 heterocycles. The second-order valence-electron chi connectivity index (χ2n) is 10.6. The lowest BCUT2D eigenvalue weighted by atomic mass is 10.0. The Morgan fingerprint density at radius 3 is 2.36 bits per heavy atom. The Morgan fingerprint density at radius 2 is 1.62 bits per heavy atom. The van der Waals surface area contributed by atoms with Gasteiger partial charge in [-0.15, -0.1) is 0 Å². The maximum Gasteiger partial charge on any atom is 0.255 e. The Morgan fingerprint density at radius 1 is 0.872 bits per heavy atom. The van der Waals surface area contributed by atoms with Crippen LogP contribution in [-0.4, -0.2) is 53.8 Å². The third-order valence-electron chi connectivity index (χ3n) is 7.97. The number of fused-ring (bicyclic) bond motifs is 1. The lowest BCUT2D eigenvalue weighted by Gasteiger charge is -2.36. The van der Waals surface area contributed by atoms with Crippen molar-refractivity contribution in [2.24, 2.45) is 0 Å². The molecule has 7 nitrogen and oxygen atoms in total. The zero-order chi connectivity index (χ0) is 26.8. The highest BCUT2D eigenvalue weighted by Gasteiger charge is 2.39. The SMILES string of the molecule is C=C1CCC(N2Cc3c(OCc4ccc(CN5CCN(c6ccccc6)CC5)cc4)cccc3C2=O)C(=O)N1. The van der Waals surface area contributed by atoms with E-state index in [9.17, 15) is 9.59 Å². The van der Waals surface area contributed by atoms with Gasteiger partial charge in [-0.25, -0.2) is 0 Å². The molecule has 0 bridgehead atoms. The molecular formula is C32H34N4O3. The maximum absolute atomic E-state index is 13.1. The number of anilines is 1. The Labute approximate surface area is 229 Å². The topological polar surface area (TPSA) is 65.1 Å². The number of hydrogen-bond donors (Lipinski definition) is 1. The summed E-state index contributed by atoms with van der Waals surface area (Å²) in [5.41, 5.74) is 5.85. The molecule has 1 atom stereocenters. The van der Waals surface area contributed by atoms with E-state index in [0.29, 0.717) is 43.0 Å². The molecule has 2 fully saturated rings. The van der Waals surface area contributed by atoms with Crippen molar-refractivity contribution in [2.45, 2.75) is 38.6 Å². The molecule has 0 saturated carbocycles. The zero-order valence-corrected chi connectivity index (χ0v) is 22.1. The summed E-state index contributed by atoms with van der Waals surface area (Å²) >= 11 is 0. The van der Waals surface area contributed by atoms with Crippen LogP contribution >= 0.6 is 0 Å². The molecule has 0 spiro atoms. The highest BCUT2D eigenvalue weighted by molar-refractivity contribution is 6.02. The highest BCUT2D eigenvalue weighted by Crippen LogP contribution is 2.34. The molecule has 3 aromatic carbocycles. The Hall–Kier alpha value is -4.10. The fraction of sp³-hybridized carbons (Fsp3) is 0.312. The number of carbonyl (C=O) groups excluding carboxylic acids is 2. The number of piperazine rings is 1. The van der Waals surface area contributed by atoms with Gasteiger partial charge < -0.3 is 19.9 Å². The number of amides is 2. The maximum atomic E-state index is 13.1. The smallest absolute Gasteiger partial charge is 0.255 e. The van der Waals surface area contributed by atoms with Gasteiger partial charge in [-0.1, -0.05) is 55.1 Å². The first-order valence-corrected chi connectivity index (χ1v) is 13.7. The number of rotatable bonds is 7. The zero-order valence-electron chi connectivity index (χ0n) is 22.1. The van der Waals surface area contributed by atoms with Crippen LogP contribution in [0.15, 0.2) is 85.1 Å². The van der Waals surface area contributed by atoms with Crippen molar-refractivity contribution < 1.29 is 14.3 Å². The van der Waals surface area contributed by atoms with Gasteiger partial charge in [0.1, 0.15) is 18.4 Å². The van der Waals surface area contributed by atoms with Crippen LogP contribution in [0.3, 0.4) is 0 Å². The van der Waals surface area contributed by atoms with Crippen LogP contribution in [0.5, 0.6) is 5.75 Å². The molecule has 3 aromatic rings. The highest BCUT2D eigenvalue weighted by atomic mass is 16.5. The Bertz CT molecular complexity index is 1360. The minimum Gasteiger partial charge on any atom is -0.489 e. The van der Waals surface area contributed by atoms with Crippen molar-refractivity contribution in [1.29, 1.82) is 0 Å². The number of allylic oxidation sites excluding steroid dienone is 1. The largest absolute Gasteiger partial charge is 0.489 e. The van der Waals surface area contributed by atoms with Crippen molar-refractivity contribution in [1.82, 2.24) is 15.1 Å². The van der Waals surface area contributed by atoms with E-state index in [2.05, 4.69) is 76.3 Å². The van der Waals surface area contributed by atoms with Gasteiger partial charge in [-0.3, -0.25) is 14.5 Å². The Balaban J connectivity index is 1.03. The second-order valence-corrected chi connectivity index (χ2v) is 10.6. The van der Waals surface area contributed by atoms with E-state index in [0.717, 1.165) is 43.9 Å². The number of carbonyl (C=O) groups is 2. The van der Waals surface area contributed by atoms with Crippen molar-refractivity contribution in [3.8, 4) is 5.75 Å². The molecule has 2 amide bonds. The van der Waals surface area contributed by atoms with Gasteiger partial charge in [-0.05, 0) is 48.2 Å². The molecule has 39 heavy (non-hydrogen) atoms. The van der Waals surface area contributed by atoms with Gasteiger partial charge in [0, 0.05) is 55.2 Å². The molecule has 3 aliphatic heterocycles. The molecule has 7 heteroatoms. The number of benzene rings is 3. The minimum atomic E-state index is -0.475. The van der Waals surface area contributed by atoms with Gasteiger partial charge in [0.2, 0.25) is 5.91 Å². The molecule has 0 radical (unpaired) electrons. The normalized spacial score (nSPS) is 19.7. The average Bonchev–Trinajstić information content (AvgIpc) is 3.30. The predicted octanol–water partition coefficient (Wildman–Crippen LogP) is 4.34. The summed E-state index contributed by atoms with van der Waals surface area (Å²) in [4.78, 5) is 32.2. The molecular weight excluding hydrogens is 488 g/mol. The van der Waals surface area contributed by atoms with Crippen LogP contribution in [0.1, 0.15) is 39.9 Å². The van der Waals surface area contributed by atoms with E-state index in [4.69, 9.17) is 4.74 Å². The van der Waals surface area contributed by atoms with Crippen LogP contribution in [0.2, 0.25) is 0 Å². The lowest BCUT2D eigenvalue weighted by molar-refractivity contribution is -0.126. The van der Waals surface area contributed by atoms with Crippen LogP contribution in [0.25, 0.3) is 0 Å². The number of ether oxygens (including phenoxy) is 1. The van der Waals surface area contributed by atoms with E-state index >= 15 is 0 Å². The van der Waals surface area contributed by atoms with Gasteiger partial charge in [0.05, 0.1) is 6.54 Å². The number of nitrogens with zero attached hydrogens (tertiary/aromatic N) is 3. The monoisotopic (exact) mass is 522 g/mol. The van der Waals surface area contributed by atoms with Crippen molar-refractivity contribution in [3.05, 3.63) is 107 Å². The number of piperidine rings is 1. The molecule has 6 rings (SSSR count). The summed E-state index contributed by atoms with van der Waals surface area (Å²) in [7, 11) is 0. The Kier molecular flexibility index (Phi) is 7.07. The molecule has 3 aliphatic rings. The summed E-state index contributed by atoms with van der Waals surface area (Å²) in [6.45, 7) is 9.76. The van der Waals surface area contributed by atoms with Crippen LogP contribution in [-0.2, 0) is 24.5 Å². The van der Waals surface area contributed by atoms with Gasteiger partial charge in [-0.2, -0.15) is 0 Å². The predicted molar refractivity (Wildman–Crippen MR) is 151 cm³/mol. The summed E-state index contributed by atoms with van der Waals surface area (Å²) in [6, 6.07) is 24.3. The number of hydrogen-bond acceptors (Lipinski definition) is 5. The summed E-state index contributed by atoms with van der Waals surface area (Å²) < 4.78 is 6.20. The molecule has 200 valence electrons. The van der Waals surface area contributed by atoms with Crippen LogP contribution in [0, 0.1) is 0 Å². The van der Waals surface area contributed by atoms with E-state index in [1.165, 1.54) is 11.3 Å². The first kappa shape index (κ1) is 25.2. The van der Waals surface area contributed by atoms with E-state index in [1.54, 1.807) is 4.90 Å². The molecule has 1 N–H and O–H groups in total. The summed E-state index contributed by atoms with van der Waals surface area (Å²) in [6.07, 6.45) is 1.27. The summed E-state index contributed by atoms with van der Waals surface area (Å²) in [5.74, 6) is 0.425. The second kappa shape index (κ2) is 10.9. The van der Waals surface area contributed by atoms with Gasteiger partial charge >= 0.3 is 0 Å². The average molecular weight is 523 g/mol. The van der Waals surface area contributed by atoms with Crippen molar-refractivity contribution in [3.63, 3.8) is 0 Å². The fourth-order valence-electron chi connectivity index (χ4n) is 5.74. The summed E-state index contributed by atoms with van der Waals surface area (Å²) in [5, 5.41) is 2.79. The van der Waals surface area contributed by atoms with Gasteiger partial charge in [0.25, 0.3) is 5.91 Å². The first-order valence-electron chi connectivity index (χ1n) is 13.7. The van der Waals surface area contributed by atoms with Crippen molar-refractivity contribution in [2.75, 3.05) is 31.1 Å². The number of nitrogens with one attached hydrogen (secondary N) is 1. The van der Waals surface area contributed by atoms with E-state index < -0.39 is 6.04 Å². The van der Waals surface area contributed by atoms with Crippen LogP contribution in [0.4, 0.5) is 5.69 Å². The van der Waals surface area contributed by atoms with E-state index in [1.807, 2.05) is 18.2 Å². The number of para-hydroxylation sites is 1. The quantitative estimate of drug-likeness (QED) is 0.500. The molecule has 1 unspecified atom stereocenters. The molecule has 2 saturated heterocycles. The molecule has 0 aliphatic carbocycles.